The monoisotopic (exact) mass is 1230 g/mol. The number of benzene rings is 2. The van der Waals surface area contributed by atoms with E-state index >= 15 is 0 Å². The molecule has 2 aromatic rings. The third-order valence-corrected chi connectivity index (χ3v) is 15.6. The van der Waals surface area contributed by atoms with Gasteiger partial charge in [-0.25, -0.2) is 19.2 Å². The predicted octanol–water partition coefficient (Wildman–Crippen LogP) is 6.48. The lowest BCUT2D eigenvalue weighted by Gasteiger charge is -2.42. The lowest BCUT2D eigenvalue weighted by Crippen LogP contribution is -2.63. The molecule has 11 atom stereocenters. The summed E-state index contributed by atoms with van der Waals surface area (Å²) in [7, 11) is 4.40. The van der Waals surface area contributed by atoms with Crippen molar-refractivity contribution in [3.8, 4) is 5.75 Å². The number of epoxide rings is 1. The molecule has 0 radical (unpaired) electrons. The van der Waals surface area contributed by atoms with E-state index in [4.69, 9.17) is 45.8 Å². The number of anilines is 3. The molecule has 3 aliphatic heterocycles. The van der Waals surface area contributed by atoms with Crippen LogP contribution in [0.3, 0.4) is 0 Å². The maximum Gasteiger partial charge on any atom is 0.412 e. The summed E-state index contributed by atoms with van der Waals surface area (Å²) >= 11 is 10.0. The summed E-state index contributed by atoms with van der Waals surface area (Å²) < 4.78 is 34.8. The van der Waals surface area contributed by atoms with Crippen LogP contribution in [-0.4, -0.2) is 146 Å². The number of hydrogen-bond donors (Lipinski definition) is 8. The molecule has 23 nitrogen and oxygen atoms in total. The Bertz CT molecular complexity index is 2710. The topological polar surface area (TPSA) is 317 Å². The first kappa shape index (κ1) is 66.2. The van der Waals surface area contributed by atoms with E-state index in [0.717, 1.165) is 11.1 Å². The van der Waals surface area contributed by atoms with Crippen molar-refractivity contribution in [2.75, 3.05) is 48.7 Å². The van der Waals surface area contributed by atoms with Crippen LogP contribution in [0.4, 0.5) is 31.4 Å². The Labute approximate surface area is 491 Å². The number of primary amides is 1. The molecule has 3 aliphatic rings. The molecule has 3 heterocycles. The van der Waals surface area contributed by atoms with Crippen LogP contribution >= 0.6 is 27.5 Å². The van der Waals surface area contributed by atoms with Gasteiger partial charge in [0.05, 0.1) is 43.5 Å². The Hall–Kier alpha value is -6.57. The molecule has 450 valence electrons. The van der Waals surface area contributed by atoms with Crippen LogP contribution in [0.25, 0.3) is 0 Å². The molecular formula is C57H78BrClN8O15. The van der Waals surface area contributed by atoms with Crippen molar-refractivity contribution >= 4 is 92.8 Å². The summed E-state index contributed by atoms with van der Waals surface area (Å²) in [6.07, 6.45) is 1.14. The summed E-state index contributed by atoms with van der Waals surface area (Å²) in [5.74, 6) is -2.81. The van der Waals surface area contributed by atoms with Crippen molar-refractivity contribution in [1.29, 1.82) is 0 Å². The van der Waals surface area contributed by atoms with E-state index < -0.39 is 114 Å². The van der Waals surface area contributed by atoms with E-state index in [1.54, 1.807) is 58.9 Å². The first-order valence-corrected chi connectivity index (χ1v) is 28.5. The molecule has 82 heavy (non-hydrogen) atoms. The number of carbonyl (C=O) groups is 8. The fourth-order valence-corrected chi connectivity index (χ4v) is 10.3. The van der Waals surface area contributed by atoms with Crippen molar-refractivity contribution in [3.05, 3.63) is 82.9 Å². The number of hydrogen-bond acceptors (Lipinski definition) is 16. The third-order valence-electron chi connectivity index (χ3n) is 14.6. The SMILES string of the molecule is C=C(CBr)C(=O)OC(C)CCCC(C=O)N[C@H](C(=O)N[C@@H](CCCNC(N)=O)C(=O)Nc1ccc(NC(=O)O[C@H]2CC(=O)N(C)c3cc(cc(OC)c3Cl)C/C(C)=C/C=C/[C@@H](OC)[C@@]3(O)C[C@H](OC(=O)N3)[C@@H](C)[C@@H]3O[C@@]23C)cc1)C(C)C. The lowest BCUT2D eigenvalue weighted by atomic mass is 9.83. The normalized spacial score (nSPS) is 25.2. The van der Waals surface area contributed by atoms with Gasteiger partial charge in [-0.05, 0) is 107 Å². The number of aliphatic hydroxyl groups is 1. The fourth-order valence-electron chi connectivity index (χ4n) is 9.79. The number of rotatable bonds is 23. The summed E-state index contributed by atoms with van der Waals surface area (Å²) in [4.78, 5) is 106. The molecule has 0 spiro atoms. The number of alkyl halides is 1. The third kappa shape index (κ3) is 18.2. The number of nitrogens with two attached hydrogens (primary N) is 1. The van der Waals surface area contributed by atoms with Crippen molar-refractivity contribution in [2.45, 2.75) is 153 Å². The molecule has 0 aromatic heterocycles. The Kier molecular flexibility index (Phi) is 24.3. The zero-order chi connectivity index (χ0) is 60.6. The van der Waals surface area contributed by atoms with Crippen LogP contribution in [-0.2, 0) is 54.1 Å². The molecule has 9 N–H and O–H groups in total. The van der Waals surface area contributed by atoms with Gasteiger partial charge in [-0.15, -0.1) is 0 Å². The van der Waals surface area contributed by atoms with Crippen LogP contribution in [0.1, 0.15) is 92.1 Å². The van der Waals surface area contributed by atoms with E-state index in [1.807, 2.05) is 13.0 Å². The summed E-state index contributed by atoms with van der Waals surface area (Å²) in [6, 6.07) is 5.97. The van der Waals surface area contributed by atoms with E-state index in [2.05, 4.69) is 54.4 Å². The van der Waals surface area contributed by atoms with Gasteiger partial charge in [-0.2, -0.15) is 0 Å². The van der Waals surface area contributed by atoms with Crippen LogP contribution in [0.5, 0.6) is 5.75 Å². The van der Waals surface area contributed by atoms with Gasteiger partial charge in [-0.1, -0.05) is 78.7 Å². The van der Waals surface area contributed by atoms with Crippen molar-refractivity contribution < 1.29 is 71.9 Å². The number of esters is 1. The first-order valence-electron chi connectivity index (χ1n) is 27.0. The molecule has 5 rings (SSSR count). The highest BCUT2D eigenvalue weighted by Gasteiger charge is 2.64. The van der Waals surface area contributed by atoms with Gasteiger partial charge in [0.25, 0.3) is 0 Å². The second-order valence-electron chi connectivity index (χ2n) is 21.4. The lowest BCUT2D eigenvalue weighted by molar-refractivity contribution is -0.144. The molecule has 2 saturated heterocycles. The van der Waals surface area contributed by atoms with E-state index in [9.17, 15) is 43.5 Å². The quantitative estimate of drug-likeness (QED) is 0.0112. The van der Waals surface area contributed by atoms with Gasteiger partial charge in [0.15, 0.2) is 5.72 Å². The molecule has 4 bridgehead atoms. The molecule has 7 amide bonds. The van der Waals surface area contributed by atoms with E-state index in [1.165, 1.54) is 50.4 Å². The number of nitrogens with zero attached hydrogens (tertiary/aromatic N) is 1. The van der Waals surface area contributed by atoms with Gasteiger partial charge in [0.2, 0.25) is 17.7 Å². The van der Waals surface area contributed by atoms with Crippen molar-refractivity contribution in [2.24, 2.45) is 17.6 Å². The fraction of sp³-hybridized carbons (Fsp3) is 0.544. The number of ether oxygens (including phenoxy) is 6. The number of carbonyl (C=O) groups excluding carboxylic acids is 8. The van der Waals surface area contributed by atoms with Gasteiger partial charge in [-0.3, -0.25) is 30.3 Å². The molecule has 2 aromatic carbocycles. The van der Waals surface area contributed by atoms with Gasteiger partial charge in [0.1, 0.15) is 47.0 Å². The van der Waals surface area contributed by atoms with Gasteiger partial charge < -0.3 is 64.9 Å². The van der Waals surface area contributed by atoms with Crippen molar-refractivity contribution in [3.63, 3.8) is 0 Å². The van der Waals surface area contributed by atoms with Gasteiger partial charge >= 0.3 is 24.2 Å². The number of urea groups is 1. The second kappa shape index (κ2) is 30.1. The van der Waals surface area contributed by atoms with Crippen LogP contribution in [0.15, 0.2) is 72.4 Å². The first-order chi connectivity index (χ1) is 38.7. The number of fused-ring (bicyclic) bond motifs is 5. The summed E-state index contributed by atoms with van der Waals surface area (Å²) in [5.41, 5.74) is 4.80. The zero-order valence-electron chi connectivity index (χ0n) is 47.8. The van der Waals surface area contributed by atoms with Crippen LogP contribution in [0, 0.1) is 11.8 Å². The molecule has 2 unspecified atom stereocenters. The Morgan fingerprint density at radius 2 is 1.72 bits per heavy atom. The minimum atomic E-state index is -1.90. The number of nitrogens with one attached hydrogen (secondary N) is 6. The zero-order valence-corrected chi connectivity index (χ0v) is 50.1. The Balaban J connectivity index is 1.32. The Morgan fingerprint density at radius 3 is 2.34 bits per heavy atom. The predicted molar refractivity (Wildman–Crippen MR) is 311 cm³/mol. The maximum absolute atomic E-state index is 14.4. The highest BCUT2D eigenvalue weighted by Crippen LogP contribution is 2.49. The minimum Gasteiger partial charge on any atom is -0.495 e. The number of halogens is 2. The molecular weight excluding hydrogens is 1150 g/mol. The minimum absolute atomic E-state index is 0.0765. The Morgan fingerprint density at radius 1 is 1.04 bits per heavy atom. The van der Waals surface area contributed by atoms with Crippen LogP contribution in [0.2, 0.25) is 5.02 Å². The molecule has 2 fully saturated rings. The average molecular weight is 1230 g/mol. The van der Waals surface area contributed by atoms with E-state index in [0.29, 0.717) is 43.4 Å². The number of amides is 7. The number of alkyl carbamates (subject to hydrolysis) is 1. The maximum atomic E-state index is 14.4. The standard InChI is InChI=1S/C57H78BrClN8O15/c1-31(2)48(62-39(30-68)16-12-15-34(5)79-52(72)33(4)29-58)51(71)65-40(17-13-23-61-53(60)73)50(70)63-37-19-21-38(22-20-37)64-54(74)81-45-27-46(69)67(8)41-25-36(26-42(77-9)47(41)59)24-32(3)14-11-18-44(78-10)57(76)28-43(80-55(75)66-57)35(6)49-56(45,7)82-49/h11,14,18-22,25-26,30-31,34-35,39-40,43-45,48-49,62,76H,4,12-13,15-17,23-24,27-29H2,1-3,5-10H3,(H,63,70)(H,64,74)(H,65,71)(H,66,75)(H3,60,61,73)/b18-11+,32-14+/t34?,35-,39?,40+,43+,44-,45+,48+,49+,56+,57+/m1/s1. The largest absolute Gasteiger partial charge is 0.495 e. The number of aldehydes is 1. The smallest absolute Gasteiger partial charge is 0.412 e. The van der Waals surface area contributed by atoms with Crippen molar-refractivity contribution in [1.82, 2.24) is 21.3 Å². The number of methoxy groups -OCH3 is 2. The average Bonchev–Trinajstić information content (AvgIpc) is 4.27. The van der Waals surface area contributed by atoms with E-state index in [-0.39, 0.29) is 59.0 Å². The molecule has 0 aliphatic carbocycles. The summed E-state index contributed by atoms with van der Waals surface area (Å²) in [6.45, 7) is 14.4. The highest BCUT2D eigenvalue weighted by molar-refractivity contribution is 9.09. The highest BCUT2D eigenvalue weighted by atomic mass is 79.9. The molecule has 25 heteroatoms. The molecule has 0 saturated carbocycles. The van der Waals surface area contributed by atoms with Gasteiger partial charge in [0, 0.05) is 55.3 Å². The summed E-state index contributed by atoms with van der Waals surface area (Å²) in [5, 5.41) is 28.7. The number of allylic oxidation sites excluding steroid dienone is 3. The van der Waals surface area contributed by atoms with Crippen LogP contribution < -0.4 is 47.3 Å². The second-order valence-corrected chi connectivity index (χ2v) is 22.3.